The molecule has 0 aromatic rings. The molecule has 1 aliphatic heterocycles. The van der Waals surface area contributed by atoms with E-state index in [4.69, 9.17) is 13.9 Å². The molecule has 188 valence electrons. The molecule has 0 amide bonds. The van der Waals surface area contributed by atoms with Gasteiger partial charge in [0.1, 0.15) is 5.78 Å². The highest BCUT2D eigenvalue weighted by Crippen LogP contribution is 2.68. The van der Waals surface area contributed by atoms with Crippen LogP contribution in [0.2, 0.25) is 18.1 Å². The summed E-state index contributed by atoms with van der Waals surface area (Å²) < 4.78 is 20.4. The van der Waals surface area contributed by atoms with Crippen molar-refractivity contribution in [1.82, 2.24) is 0 Å². The Kier molecular flexibility index (Phi) is 5.48. The van der Waals surface area contributed by atoms with Crippen LogP contribution in [0.1, 0.15) is 93.4 Å². The Morgan fingerprint density at radius 3 is 2.24 bits per heavy atom. The fourth-order valence-corrected chi connectivity index (χ4v) is 10.0. The number of rotatable bonds is 2. The molecule has 9 atom stereocenters. The van der Waals surface area contributed by atoms with Gasteiger partial charge in [-0.05, 0) is 99.6 Å². The number of fused-ring (bicyclic) bond motifs is 8. The van der Waals surface area contributed by atoms with Gasteiger partial charge in [0.15, 0.2) is 14.1 Å². The van der Waals surface area contributed by atoms with Crippen LogP contribution < -0.4 is 0 Å². The van der Waals surface area contributed by atoms with Crippen molar-refractivity contribution in [3.8, 4) is 0 Å². The second-order valence-electron chi connectivity index (χ2n) is 14.7. The van der Waals surface area contributed by atoms with Gasteiger partial charge in [-0.2, -0.15) is 0 Å². The van der Waals surface area contributed by atoms with Gasteiger partial charge in [-0.1, -0.05) is 34.6 Å². The molecule has 5 heteroatoms. The number of ether oxygens (including phenoxy) is 2. The number of ketones is 1. The molecule has 0 spiro atoms. The minimum Gasteiger partial charge on any atom is -0.414 e. The lowest BCUT2D eigenvalue weighted by Crippen LogP contribution is -2.63. The molecule has 1 saturated heterocycles. The monoisotopic (exact) mass is 476 g/mol. The van der Waals surface area contributed by atoms with Crippen LogP contribution in [-0.2, 0) is 18.7 Å². The summed E-state index contributed by atoms with van der Waals surface area (Å²) in [5, 5.41) is 0.228. The van der Waals surface area contributed by atoms with E-state index >= 15 is 0 Å². The van der Waals surface area contributed by atoms with Crippen molar-refractivity contribution in [3.05, 3.63) is 0 Å². The van der Waals surface area contributed by atoms with Gasteiger partial charge in [0, 0.05) is 17.9 Å². The van der Waals surface area contributed by atoms with Crippen LogP contribution >= 0.6 is 0 Å². The smallest absolute Gasteiger partial charge is 0.192 e. The summed E-state index contributed by atoms with van der Waals surface area (Å²) in [4.78, 5) is 13.0. The van der Waals surface area contributed by atoms with E-state index < -0.39 is 14.1 Å². The molecular weight excluding hydrogens is 428 g/mol. The molecule has 33 heavy (non-hydrogen) atoms. The first-order valence-electron chi connectivity index (χ1n) is 13.7. The third-order valence-electron chi connectivity index (χ3n) is 11.5. The van der Waals surface area contributed by atoms with Gasteiger partial charge >= 0.3 is 0 Å². The summed E-state index contributed by atoms with van der Waals surface area (Å²) >= 11 is 0. The minimum absolute atomic E-state index is 0.116. The quantitative estimate of drug-likeness (QED) is 0.415. The fourth-order valence-electron chi connectivity index (χ4n) is 8.62. The third-order valence-corrected chi connectivity index (χ3v) is 16.0. The van der Waals surface area contributed by atoms with E-state index in [9.17, 15) is 4.79 Å². The molecule has 5 rings (SSSR count). The standard InChI is InChI=1S/C28H48O4Si/c1-25(2,3)33(8,9)32-17-12-14-27(6)19-13-15-28(7)18(10-11-21(28)29)22(19)24-23(20(27)16-17)30-26(4,5)31-24/h17-20,22-24H,10-16H2,1-9H3/t17-,18?,19?,20?,22?,23-,24-,27-,28+/m1/s1. The Hall–Kier alpha value is -0.233. The zero-order valence-corrected chi connectivity index (χ0v) is 23.6. The molecule has 0 aromatic heterocycles. The van der Waals surface area contributed by atoms with Crippen molar-refractivity contribution in [2.75, 3.05) is 0 Å². The summed E-state index contributed by atoms with van der Waals surface area (Å²) in [6.07, 6.45) is 8.05. The average molecular weight is 477 g/mol. The number of hydrogen-bond donors (Lipinski definition) is 0. The first-order valence-corrected chi connectivity index (χ1v) is 16.6. The lowest BCUT2D eigenvalue weighted by atomic mass is 9.44. The number of carbonyl (C=O) groups is 1. The Morgan fingerprint density at radius 1 is 0.909 bits per heavy atom. The zero-order valence-electron chi connectivity index (χ0n) is 22.6. The van der Waals surface area contributed by atoms with Gasteiger partial charge in [-0.15, -0.1) is 0 Å². The van der Waals surface area contributed by atoms with Gasteiger partial charge in [-0.25, -0.2) is 0 Å². The normalized spacial score (nSPS) is 49.2. The highest BCUT2D eigenvalue weighted by atomic mass is 28.4. The maximum Gasteiger partial charge on any atom is 0.192 e. The van der Waals surface area contributed by atoms with Crippen molar-refractivity contribution in [1.29, 1.82) is 0 Å². The predicted octanol–water partition coefficient (Wildman–Crippen LogP) is 6.73. The molecule has 0 aromatic carbocycles. The largest absolute Gasteiger partial charge is 0.414 e. The van der Waals surface area contributed by atoms with Crippen LogP contribution in [0, 0.1) is 34.5 Å². The topological polar surface area (TPSA) is 44.8 Å². The van der Waals surface area contributed by atoms with Crippen molar-refractivity contribution >= 4 is 14.1 Å². The van der Waals surface area contributed by atoms with Crippen LogP contribution in [0.15, 0.2) is 0 Å². The second kappa shape index (κ2) is 7.40. The minimum atomic E-state index is -1.81. The highest BCUT2D eigenvalue weighted by Gasteiger charge is 2.68. The first-order chi connectivity index (χ1) is 15.1. The van der Waals surface area contributed by atoms with Crippen LogP contribution in [0.4, 0.5) is 0 Å². The molecule has 4 unspecified atom stereocenters. The Balaban J connectivity index is 1.47. The molecule has 4 saturated carbocycles. The molecule has 4 nitrogen and oxygen atoms in total. The summed E-state index contributed by atoms with van der Waals surface area (Å²) in [6.45, 7) is 20.8. The van der Waals surface area contributed by atoms with Crippen LogP contribution in [-0.4, -0.2) is 38.2 Å². The summed E-state index contributed by atoms with van der Waals surface area (Å²) in [5.74, 6) is 1.94. The third kappa shape index (κ3) is 3.57. The van der Waals surface area contributed by atoms with E-state index in [1.807, 2.05) is 0 Å². The maximum absolute atomic E-state index is 13.0. The predicted molar refractivity (Wildman–Crippen MR) is 133 cm³/mol. The second-order valence-corrected chi connectivity index (χ2v) is 19.4. The van der Waals surface area contributed by atoms with Gasteiger partial charge in [-0.3, -0.25) is 4.79 Å². The van der Waals surface area contributed by atoms with Crippen LogP contribution in [0.25, 0.3) is 0 Å². The number of Topliss-reactive ketones (excluding diaryl/α,β-unsaturated/α-hetero) is 1. The molecule has 0 bridgehead atoms. The SMILES string of the molecule is CC1(C)O[C@@H]2C3C(CC[C@]4(C)C(=O)CCC34)[C@@]3(C)CC[C@@H](O[Si](C)(C)C(C)(C)C)CC3[C@H]2O1. The van der Waals surface area contributed by atoms with Gasteiger partial charge in [0.05, 0.1) is 12.2 Å². The van der Waals surface area contributed by atoms with E-state index in [-0.39, 0.29) is 28.1 Å². The van der Waals surface area contributed by atoms with E-state index in [2.05, 4.69) is 61.6 Å². The number of hydrogen-bond acceptors (Lipinski definition) is 4. The Labute approximate surface area is 203 Å². The van der Waals surface area contributed by atoms with Gasteiger partial charge in [0.2, 0.25) is 0 Å². The van der Waals surface area contributed by atoms with Gasteiger partial charge < -0.3 is 13.9 Å². The van der Waals surface area contributed by atoms with Crippen LogP contribution in [0.5, 0.6) is 0 Å². The van der Waals surface area contributed by atoms with E-state index in [1.54, 1.807) is 0 Å². The van der Waals surface area contributed by atoms with Crippen molar-refractivity contribution < 1.29 is 18.7 Å². The van der Waals surface area contributed by atoms with Gasteiger partial charge in [0.25, 0.3) is 0 Å². The van der Waals surface area contributed by atoms with E-state index in [0.717, 1.165) is 38.5 Å². The summed E-state index contributed by atoms with van der Waals surface area (Å²) in [6, 6.07) is 0. The molecule has 0 radical (unpaired) electrons. The Bertz CT molecular complexity index is 815. The molecule has 5 aliphatic rings. The van der Waals surface area contributed by atoms with Crippen molar-refractivity contribution in [2.45, 2.75) is 136 Å². The van der Waals surface area contributed by atoms with Crippen molar-refractivity contribution in [3.63, 3.8) is 0 Å². The molecule has 1 heterocycles. The Morgan fingerprint density at radius 2 is 1.58 bits per heavy atom. The number of carbonyl (C=O) groups excluding carboxylic acids is 1. The molecule has 0 N–H and O–H groups in total. The average Bonchev–Trinajstić information content (AvgIpc) is 3.17. The maximum atomic E-state index is 13.0. The lowest BCUT2D eigenvalue weighted by Gasteiger charge is -2.63. The van der Waals surface area contributed by atoms with Crippen molar-refractivity contribution in [2.24, 2.45) is 34.5 Å². The molecular formula is C28H48O4Si. The summed E-state index contributed by atoms with van der Waals surface area (Å²) in [7, 11) is -1.81. The van der Waals surface area contributed by atoms with E-state index in [1.165, 1.54) is 6.42 Å². The highest BCUT2D eigenvalue weighted by molar-refractivity contribution is 6.74. The molecule has 5 fully saturated rings. The molecule has 4 aliphatic carbocycles. The zero-order chi connectivity index (χ0) is 24.2. The van der Waals surface area contributed by atoms with Crippen LogP contribution in [0.3, 0.4) is 0 Å². The van der Waals surface area contributed by atoms with E-state index in [0.29, 0.717) is 35.6 Å². The first kappa shape index (κ1) is 24.5. The lowest BCUT2D eigenvalue weighted by molar-refractivity contribution is -0.185. The fraction of sp³-hybridized carbons (Fsp3) is 0.964. The summed E-state index contributed by atoms with van der Waals surface area (Å²) in [5.41, 5.74) is 0.101.